The van der Waals surface area contributed by atoms with Crippen LogP contribution in [0.25, 0.3) is 0 Å². The summed E-state index contributed by atoms with van der Waals surface area (Å²) in [6.07, 6.45) is 0.466. The van der Waals surface area contributed by atoms with Crippen molar-refractivity contribution in [1.82, 2.24) is 4.90 Å². The number of hydrogen-bond acceptors (Lipinski definition) is 4. The first kappa shape index (κ1) is 17.5. The molecule has 4 heteroatoms. The highest BCUT2D eigenvalue weighted by Crippen LogP contribution is 2.31. The monoisotopic (exact) mass is 293 g/mol. The second-order valence-electron chi connectivity index (χ2n) is 5.84. The molecule has 0 bridgehead atoms. The third kappa shape index (κ3) is 4.74. The van der Waals surface area contributed by atoms with Gasteiger partial charge in [0.2, 0.25) is 0 Å². The van der Waals surface area contributed by atoms with Crippen molar-refractivity contribution in [3.05, 3.63) is 29.8 Å². The molecule has 1 atom stereocenters. The van der Waals surface area contributed by atoms with Gasteiger partial charge in [-0.15, -0.1) is 0 Å². The van der Waals surface area contributed by atoms with Gasteiger partial charge in [-0.3, -0.25) is 9.69 Å². The first-order chi connectivity index (χ1) is 9.79. The molecule has 0 fully saturated rings. The molecule has 4 nitrogen and oxygen atoms in total. The minimum absolute atomic E-state index is 0.149. The average molecular weight is 293 g/mol. The summed E-state index contributed by atoms with van der Waals surface area (Å²) < 4.78 is 10.8. The van der Waals surface area contributed by atoms with Crippen LogP contribution in [0.15, 0.2) is 24.3 Å². The van der Waals surface area contributed by atoms with Crippen LogP contribution in [0.1, 0.15) is 39.7 Å². The van der Waals surface area contributed by atoms with E-state index < -0.39 is 5.54 Å². The summed E-state index contributed by atoms with van der Waals surface area (Å²) >= 11 is 0. The Balaban J connectivity index is 2.97. The molecule has 0 aliphatic carbocycles. The molecule has 0 saturated carbocycles. The molecule has 1 aromatic rings. The molecular weight excluding hydrogens is 266 g/mol. The van der Waals surface area contributed by atoms with Crippen LogP contribution in [-0.2, 0) is 15.1 Å². The minimum atomic E-state index is -0.400. The van der Waals surface area contributed by atoms with Gasteiger partial charge in [-0.25, -0.2) is 0 Å². The lowest BCUT2D eigenvalue weighted by Gasteiger charge is -2.36. The Bertz CT molecular complexity index is 454. The predicted molar refractivity (Wildman–Crippen MR) is 84.5 cm³/mol. The summed E-state index contributed by atoms with van der Waals surface area (Å²) in [6.45, 7) is 8.27. The highest BCUT2D eigenvalue weighted by atomic mass is 16.5. The van der Waals surface area contributed by atoms with Gasteiger partial charge in [0, 0.05) is 0 Å². The Morgan fingerprint density at radius 3 is 2.24 bits per heavy atom. The van der Waals surface area contributed by atoms with Crippen molar-refractivity contribution < 1.29 is 14.3 Å². The second kappa shape index (κ2) is 7.46. The molecule has 21 heavy (non-hydrogen) atoms. The van der Waals surface area contributed by atoms with Gasteiger partial charge in [0.15, 0.2) is 0 Å². The lowest BCUT2D eigenvalue weighted by atomic mass is 9.87. The van der Waals surface area contributed by atoms with Gasteiger partial charge in [0.25, 0.3) is 0 Å². The Labute approximate surface area is 128 Å². The van der Waals surface area contributed by atoms with Crippen LogP contribution < -0.4 is 4.74 Å². The maximum absolute atomic E-state index is 11.9. The Morgan fingerprint density at radius 2 is 1.81 bits per heavy atom. The normalized spacial score (nSPS) is 14.1. The molecule has 0 heterocycles. The zero-order valence-electron chi connectivity index (χ0n) is 14.0. The van der Waals surface area contributed by atoms with E-state index >= 15 is 0 Å². The number of ether oxygens (including phenoxy) is 2. The number of rotatable bonds is 7. The average Bonchev–Trinajstić information content (AvgIpc) is 2.38. The van der Waals surface area contributed by atoms with E-state index in [-0.39, 0.29) is 12.1 Å². The largest absolute Gasteiger partial charge is 0.491 e. The zero-order valence-corrected chi connectivity index (χ0v) is 14.0. The predicted octanol–water partition coefficient (Wildman–Crippen LogP) is 3.20. The molecule has 0 aliphatic heterocycles. The van der Waals surface area contributed by atoms with Crippen molar-refractivity contribution in [3.63, 3.8) is 0 Å². The molecule has 0 spiro atoms. The number of carbonyl (C=O) groups excluding carboxylic acids is 1. The smallest absolute Gasteiger partial charge is 0.307 e. The molecule has 0 aliphatic rings. The number of esters is 1. The van der Waals surface area contributed by atoms with Crippen LogP contribution in [0.4, 0.5) is 0 Å². The van der Waals surface area contributed by atoms with E-state index in [0.29, 0.717) is 13.0 Å². The van der Waals surface area contributed by atoms with Gasteiger partial charge in [-0.1, -0.05) is 12.1 Å². The highest BCUT2D eigenvalue weighted by molar-refractivity contribution is 5.71. The van der Waals surface area contributed by atoms with Gasteiger partial charge in [-0.2, -0.15) is 0 Å². The molecule has 0 radical (unpaired) electrons. The summed E-state index contributed by atoms with van der Waals surface area (Å²) in [7, 11) is 3.94. The van der Waals surface area contributed by atoms with Crippen LogP contribution >= 0.6 is 0 Å². The van der Waals surface area contributed by atoms with Gasteiger partial charge in [-0.05, 0) is 59.5 Å². The van der Waals surface area contributed by atoms with E-state index in [1.54, 1.807) is 0 Å². The van der Waals surface area contributed by atoms with E-state index in [9.17, 15) is 4.79 Å². The number of benzene rings is 1. The quantitative estimate of drug-likeness (QED) is 0.724. The lowest BCUT2D eigenvalue weighted by molar-refractivity contribution is -0.146. The topological polar surface area (TPSA) is 38.8 Å². The lowest BCUT2D eigenvalue weighted by Crippen LogP contribution is -2.40. The fraction of sp³-hybridized carbons (Fsp3) is 0.588. The van der Waals surface area contributed by atoms with Crippen LogP contribution in [0.2, 0.25) is 0 Å². The fourth-order valence-electron chi connectivity index (χ4n) is 2.18. The van der Waals surface area contributed by atoms with E-state index in [1.807, 2.05) is 71.0 Å². The Kier molecular flexibility index (Phi) is 6.21. The molecule has 1 aromatic carbocycles. The molecule has 1 rings (SSSR count). The molecule has 0 amide bonds. The van der Waals surface area contributed by atoms with Crippen molar-refractivity contribution in [2.75, 3.05) is 20.7 Å². The van der Waals surface area contributed by atoms with E-state index in [0.717, 1.165) is 11.3 Å². The molecule has 0 N–H and O–H groups in total. The third-order valence-electron chi connectivity index (χ3n) is 3.63. The third-order valence-corrected chi connectivity index (χ3v) is 3.63. The van der Waals surface area contributed by atoms with Crippen molar-refractivity contribution in [3.8, 4) is 5.75 Å². The van der Waals surface area contributed by atoms with Gasteiger partial charge < -0.3 is 9.47 Å². The second-order valence-corrected chi connectivity index (χ2v) is 5.84. The van der Waals surface area contributed by atoms with Gasteiger partial charge >= 0.3 is 5.97 Å². The number of carbonyl (C=O) groups is 1. The summed E-state index contributed by atoms with van der Waals surface area (Å²) in [5.41, 5.74) is 0.666. The van der Waals surface area contributed by atoms with E-state index in [4.69, 9.17) is 9.47 Å². The van der Waals surface area contributed by atoms with Crippen molar-refractivity contribution in [2.45, 2.75) is 45.8 Å². The number of hydrogen-bond donors (Lipinski definition) is 0. The van der Waals surface area contributed by atoms with E-state index in [1.165, 1.54) is 0 Å². The summed E-state index contributed by atoms with van der Waals surface area (Å²) in [5.74, 6) is 0.655. The van der Waals surface area contributed by atoms with Crippen molar-refractivity contribution in [2.24, 2.45) is 0 Å². The molecule has 0 aromatic heterocycles. The molecular formula is C17H27NO3. The Hall–Kier alpha value is -1.55. The maximum Gasteiger partial charge on any atom is 0.307 e. The maximum atomic E-state index is 11.9. The Morgan fingerprint density at radius 1 is 1.24 bits per heavy atom. The van der Waals surface area contributed by atoms with Crippen molar-refractivity contribution >= 4 is 5.97 Å². The van der Waals surface area contributed by atoms with Crippen molar-refractivity contribution in [1.29, 1.82) is 0 Å². The highest BCUT2D eigenvalue weighted by Gasteiger charge is 2.32. The van der Waals surface area contributed by atoms with Gasteiger partial charge in [0.1, 0.15) is 5.75 Å². The first-order valence-corrected chi connectivity index (χ1v) is 7.40. The summed E-state index contributed by atoms with van der Waals surface area (Å²) in [6, 6.07) is 7.92. The zero-order chi connectivity index (χ0) is 16.0. The SMILES string of the molecule is CCOC(=O)CC(C)(c1ccc(OC(C)C)cc1)N(C)C. The molecule has 0 saturated heterocycles. The summed E-state index contributed by atoms with van der Waals surface area (Å²) in [4.78, 5) is 13.9. The van der Waals surface area contributed by atoms with E-state index in [2.05, 4.69) is 0 Å². The number of nitrogens with zero attached hydrogens (tertiary/aromatic N) is 1. The molecule has 118 valence electrons. The first-order valence-electron chi connectivity index (χ1n) is 7.40. The van der Waals surface area contributed by atoms with Crippen LogP contribution in [0, 0.1) is 0 Å². The van der Waals surface area contributed by atoms with Crippen LogP contribution in [0.3, 0.4) is 0 Å². The van der Waals surface area contributed by atoms with Gasteiger partial charge in [0.05, 0.1) is 24.7 Å². The minimum Gasteiger partial charge on any atom is -0.491 e. The van der Waals surface area contributed by atoms with Crippen LogP contribution in [-0.4, -0.2) is 37.7 Å². The summed E-state index contributed by atoms with van der Waals surface area (Å²) in [5, 5.41) is 0. The fourth-order valence-corrected chi connectivity index (χ4v) is 2.18. The van der Waals surface area contributed by atoms with Crippen LogP contribution in [0.5, 0.6) is 5.75 Å². The standard InChI is InChI=1S/C17H27NO3/c1-7-20-16(19)12-17(4,18(5)6)14-8-10-15(11-9-14)21-13(2)3/h8-11,13H,7,12H2,1-6H3. The molecule has 1 unspecified atom stereocenters.